The van der Waals surface area contributed by atoms with Gasteiger partial charge in [-0.2, -0.15) is 13.2 Å². The van der Waals surface area contributed by atoms with Gasteiger partial charge in [0.1, 0.15) is 0 Å². The van der Waals surface area contributed by atoms with E-state index in [1.807, 2.05) is 0 Å². The maximum atomic E-state index is 13.0. The van der Waals surface area contributed by atoms with E-state index in [9.17, 15) is 22.8 Å². The second-order valence-corrected chi connectivity index (χ2v) is 8.85. The SMILES string of the molecule is CCCCC1NC(SCc2cccc(C(F)(F)F)c2)C2C(=O)N(C)C(=O)N(C)C2N1. The predicted molar refractivity (Wildman–Crippen MR) is 109 cm³/mol. The van der Waals surface area contributed by atoms with Gasteiger partial charge in [0.2, 0.25) is 5.91 Å². The lowest BCUT2D eigenvalue weighted by molar-refractivity contribution is -0.140. The summed E-state index contributed by atoms with van der Waals surface area (Å²) in [7, 11) is 3.11. The molecule has 6 nitrogen and oxygen atoms in total. The van der Waals surface area contributed by atoms with Gasteiger partial charge >= 0.3 is 12.2 Å². The highest BCUT2D eigenvalue weighted by Gasteiger charge is 2.50. The van der Waals surface area contributed by atoms with Crippen molar-refractivity contribution in [2.75, 3.05) is 14.1 Å². The van der Waals surface area contributed by atoms with Crippen molar-refractivity contribution in [1.29, 1.82) is 0 Å². The Morgan fingerprint density at radius 2 is 1.90 bits per heavy atom. The molecule has 0 aromatic heterocycles. The fourth-order valence-corrected chi connectivity index (χ4v) is 5.15. The standard InChI is InChI=1S/C20H27F3N4O2S/c1-4-5-9-14-24-16-15(18(28)27(3)19(29)26(16)2)17(25-14)30-11-12-7-6-8-13(10-12)20(21,22)23/h6-8,10,14-17,24-25H,4-5,9,11H2,1-3H3. The molecular formula is C20H27F3N4O2S. The topological polar surface area (TPSA) is 64.7 Å². The Labute approximate surface area is 178 Å². The van der Waals surface area contributed by atoms with E-state index < -0.39 is 23.8 Å². The zero-order chi connectivity index (χ0) is 22.1. The number of carbonyl (C=O) groups is 2. The summed E-state index contributed by atoms with van der Waals surface area (Å²) in [5, 5.41) is 6.46. The summed E-state index contributed by atoms with van der Waals surface area (Å²) in [6, 6.07) is 4.87. The fraction of sp³-hybridized carbons (Fsp3) is 0.600. The third-order valence-corrected chi connectivity index (χ3v) is 6.84. The van der Waals surface area contributed by atoms with E-state index in [4.69, 9.17) is 0 Å². The molecule has 2 aliphatic rings. The van der Waals surface area contributed by atoms with Crippen LogP contribution in [0, 0.1) is 5.92 Å². The first-order valence-corrected chi connectivity index (χ1v) is 11.0. The third-order valence-electron chi connectivity index (χ3n) is 5.56. The van der Waals surface area contributed by atoms with Gasteiger partial charge in [-0.25, -0.2) is 4.79 Å². The van der Waals surface area contributed by atoms with E-state index in [-0.39, 0.29) is 23.5 Å². The van der Waals surface area contributed by atoms with Crippen LogP contribution in [0.15, 0.2) is 24.3 Å². The maximum absolute atomic E-state index is 13.0. The second-order valence-electron chi connectivity index (χ2n) is 7.72. The van der Waals surface area contributed by atoms with Crippen LogP contribution in [0.3, 0.4) is 0 Å². The summed E-state index contributed by atoms with van der Waals surface area (Å²) in [5.41, 5.74) is -0.144. The monoisotopic (exact) mass is 444 g/mol. The Morgan fingerprint density at radius 1 is 1.17 bits per heavy atom. The molecule has 1 aromatic rings. The Balaban J connectivity index is 1.80. The second kappa shape index (κ2) is 9.15. The van der Waals surface area contributed by atoms with Gasteiger partial charge in [0, 0.05) is 19.8 Å². The van der Waals surface area contributed by atoms with Gasteiger partial charge in [-0.15, -0.1) is 11.8 Å². The Kier molecular flexibility index (Phi) is 6.98. The van der Waals surface area contributed by atoms with Gasteiger partial charge < -0.3 is 4.90 Å². The van der Waals surface area contributed by atoms with Gasteiger partial charge in [0.15, 0.2) is 0 Å². The number of benzene rings is 1. The quantitative estimate of drug-likeness (QED) is 0.704. The van der Waals surface area contributed by atoms with E-state index in [0.29, 0.717) is 11.3 Å². The molecule has 3 rings (SSSR count). The highest BCUT2D eigenvalue weighted by Crippen LogP contribution is 2.35. The number of nitrogens with one attached hydrogen (secondary N) is 2. The number of unbranched alkanes of at least 4 members (excludes halogenated alkanes) is 1. The largest absolute Gasteiger partial charge is 0.416 e. The molecule has 0 bridgehead atoms. The minimum absolute atomic E-state index is 0.0864. The van der Waals surface area contributed by atoms with Crippen LogP contribution in [0.1, 0.15) is 37.3 Å². The molecule has 30 heavy (non-hydrogen) atoms. The Morgan fingerprint density at radius 3 is 2.57 bits per heavy atom. The minimum Gasteiger partial charge on any atom is -0.311 e. The number of hydrogen-bond donors (Lipinski definition) is 2. The molecule has 2 aliphatic heterocycles. The van der Waals surface area contributed by atoms with Crippen LogP contribution < -0.4 is 10.6 Å². The summed E-state index contributed by atoms with van der Waals surface area (Å²) in [6.45, 7) is 2.08. The van der Waals surface area contributed by atoms with Gasteiger partial charge in [-0.05, 0) is 18.1 Å². The maximum Gasteiger partial charge on any atom is 0.416 e. The number of hydrogen-bond acceptors (Lipinski definition) is 5. The van der Waals surface area contributed by atoms with Crippen molar-refractivity contribution in [2.45, 2.75) is 55.8 Å². The first-order valence-electron chi connectivity index (χ1n) is 9.97. The lowest BCUT2D eigenvalue weighted by Gasteiger charge is -2.50. The molecule has 2 fully saturated rings. The molecule has 1 aromatic carbocycles. The van der Waals surface area contributed by atoms with E-state index in [0.717, 1.165) is 36.3 Å². The number of fused-ring (bicyclic) bond motifs is 1. The summed E-state index contributed by atoms with van der Waals surface area (Å²) >= 11 is 1.40. The number of alkyl halides is 3. The number of imide groups is 1. The smallest absolute Gasteiger partial charge is 0.311 e. The number of carbonyl (C=O) groups excluding carboxylic acids is 2. The van der Waals surface area contributed by atoms with Gasteiger partial charge in [0.05, 0.1) is 29.2 Å². The molecular weight excluding hydrogens is 417 g/mol. The van der Waals surface area contributed by atoms with Gasteiger partial charge in [-0.1, -0.05) is 38.0 Å². The molecule has 4 unspecified atom stereocenters. The molecule has 10 heteroatoms. The highest BCUT2D eigenvalue weighted by atomic mass is 32.2. The zero-order valence-electron chi connectivity index (χ0n) is 17.2. The summed E-state index contributed by atoms with van der Waals surface area (Å²) in [4.78, 5) is 27.9. The number of thioether (sulfide) groups is 1. The lowest BCUT2D eigenvalue weighted by atomic mass is 9.96. The van der Waals surface area contributed by atoms with E-state index in [2.05, 4.69) is 17.6 Å². The molecule has 0 saturated carbocycles. The molecule has 2 heterocycles. The van der Waals surface area contributed by atoms with Crippen molar-refractivity contribution in [2.24, 2.45) is 5.92 Å². The van der Waals surface area contributed by atoms with Crippen LogP contribution in [0.25, 0.3) is 0 Å². The van der Waals surface area contributed by atoms with E-state index >= 15 is 0 Å². The van der Waals surface area contributed by atoms with Crippen molar-refractivity contribution >= 4 is 23.7 Å². The third kappa shape index (κ3) is 4.76. The fourth-order valence-electron chi connectivity index (χ4n) is 3.87. The van der Waals surface area contributed by atoms with Crippen molar-refractivity contribution in [3.8, 4) is 0 Å². The number of nitrogens with zero attached hydrogens (tertiary/aromatic N) is 2. The van der Waals surface area contributed by atoms with Gasteiger partial charge in [0.25, 0.3) is 0 Å². The number of halogens is 3. The molecule has 4 atom stereocenters. The van der Waals surface area contributed by atoms with Crippen LogP contribution in [-0.2, 0) is 16.7 Å². The summed E-state index contributed by atoms with van der Waals surface area (Å²) in [6.07, 6.45) is -2.13. The van der Waals surface area contributed by atoms with Crippen molar-refractivity contribution in [3.63, 3.8) is 0 Å². The number of urea groups is 1. The molecule has 3 amide bonds. The molecule has 0 spiro atoms. The van der Waals surface area contributed by atoms with Crippen LogP contribution in [-0.4, -0.2) is 53.5 Å². The average molecular weight is 445 g/mol. The van der Waals surface area contributed by atoms with Crippen LogP contribution in [0.2, 0.25) is 0 Å². The first-order chi connectivity index (χ1) is 14.1. The van der Waals surface area contributed by atoms with E-state index in [1.165, 1.54) is 29.8 Å². The van der Waals surface area contributed by atoms with Crippen molar-refractivity contribution in [3.05, 3.63) is 35.4 Å². The van der Waals surface area contributed by atoms with E-state index in [1.54, 1.807) is 13.1 Å². The van der Waals surface area contributed by atoms with Crippen molar-refractivity contribution < 1.29 is 22.8 Å². The predicted octanol–water partition coefficient (Wildman–Crippen LogP) is 3.44. The number of amides is 3. The Bertz CT molecular complexity index is 792. The summed E-state index contributed by atoms with van der Waals surface area (Å²) in [5.74, 6) is -0.509. The van der Waals surface area contributed by atoms with Crippen LogP contribution in [0.4, 0.5) is 18.0 Å². The normalized spacial score (nSPS) is 27.4. The molecule has 166 valence electrons. The van der Waals surface area contributed by atoms with Crippen LogP contribution >= 0.6 is 11.8 Å². The molecule has 2 N–H and O–H groups in total. The van der Waals surface area contributed by atoms with Crippen LogP contribution in [0.5, 0.6) is 0 Å². The number of rotatable bonds is 6. The zero-order valence-corrected chi connectivity index (χ0v) is 18.0. The average Bonchev–Trinajstić information content (AvgIpc) is 2.72. The first kappa shape index (κ1) is 22.9. The minimum atomic E-state index is -4.39. The summed E-state index contributed by atoms with van der Waals surface area (Å²) < 4.78 is 39.0. The Hall–Kier alpha value is -1.78. The van der Waals surface area contributed by atoms with Gasteiger partial charge in [-0.3, -0.25) is 20.3 Å². The van der Waals surface area contributed by atoms with Crippen molar-refractivity contribution in [1.82, 2.24) is 20.4 Å². The molecule has 0 aliphatic carbocycles. The molecule has 0 radical (unpaired) electrons. The highest BCUT2D eigenvalue weighted by molar-refractivity contribution is 7.99. The molecule has 2 saturated heterocycles. The lowest BCUT2D eigenvalue weighted by Crippen LogP contribution is -2.74.